The van der Waals surface area contributed by atoms with E-state index >= 15 is 0 Å². The van der Waals surface area contributed by atoms with Gasteiger partial charge in [0.25, 0.3) is 0 Å². The van der Waals surface area contributed by atoms with Crippen molar-refractivity contribution in [2.24, 2.45) is 0 Å². The first kappa shape index (κ1) is 8.17. The number of morpholine rings is 1. The Bertz CT molecular complexity index is 358. The number of nitrogens with zero attached hydrogens (tertiary/aromatic N) is 2. The number of anilines is 1. The Hall–Kier alpha value is -1.16. The molecule has 2 aliphatic rings. The lowest BCUT2D eigenvalue weighted by molar-refractivity contribution is 0.0991. The average molecular weight is 194 g/mol. The third kappa shape index (κ3) is 1.18. The standard InChI is InChI=1S/C10H11FN2O/c11-10-4-7(1-2-12-10)13-5-9-3-8(13)6-14-9/h1-2,4,8-9H,3,5-6H2. The van der Waals surface area contributed by atoms with E-state index in [-0.39, 0.29) is 0 Å². The van der Waals surface area contributed by atoms with Gasteiger partial charge in [-0.3, -0.25) is 0 Å². The van der Waals surface area contributed by atoms with Crippen LogP contribution in [-0.4, -0.2) is 30.3 Å². The Morgan fingerprint density at radius 3 is 3.14 bits per heavy atom. The summed E-state index contributed by atoms with van der Waals surface area (Å²) in [5, 5.41) is 0. The molecule has 0 aliphatic carbocycles. The summed E-state index contributed by atoms with van der Waals surface area (Å²) in [5.74, 6) is -0.411. The lowest BCUT2D eigenvalue weighted by Gasteiger charge is -2.28. The monoisotopic (exact) mass is 194 g/mol. The number of rotatable bonds is 1. The minimum Gasteiger partial charge on any atom is -0.374 e. The summed E-state index contributed by atoms with van der Waals surface area (Å²) in [6.45, 7) is 1.66. The third-order valence-electron chi connectivity index (χ3n) is 2.94. The minimum absolute atomic E-state index is 0.344. The van der Waals surface area contributed by atoms with Gasteiger partial charge in [0, 0.05) is 24.5 Å². The van der Waals surface area contributed by atoms with Crippen molar-refractivity contribution < 1.29 is 9.13 Å². The van der Waals surface area contributed by atoms with Gasteiger partial charge in [0.2, 0.25) is 5.95 Å². The number of pyridine rings is 1. The van der Waals surface area contributed by atoms with Crippen LogP contribution in [-0.2, 0) is 4.74 Å². The molecule has 2 atom stereocenters. The third-order valence-corrected chi connectivity index (χ3v) is 2.94. The van der Waals surface area contributed by atoms with E-state index in [1.165, 1.54) is 12.3 Å². The molecular weight excluding hydrogens is 183 g/mol. The summed E-state index contributed by atoms with van der Waals surface area (Å²) in [7, 11) is 0. The van der Waals surface area contributed by atoms with Crippen molar-refractivity contribution in [1.29, 1.82) is 0 Å². The smallest absolute Gasteiger partial charge is 0.214 e. The normalized spacial score (nSPS) is 29.9. The molecule has 0 N–H and O–H groups in total. The largest absolute Gasteiger partial charge is 0.374 e. The fourth-order valence-electron chi connectivity index (χ4n) is 2.29. The van der Waals surface area contributed by atoms with Crippen LogP contribution in [0.25, 0.3) is 0 Å². The average Bonchev–Trinajstić information content (AvgIpc) is 2.78. The molecule has 3 rings (SSSR count). The van der Waals surface area contributed by atoms with E-state index in [1.807, 2.05) is 6.07 Å². The molecule has 4 heteroatoms. The zero-order valence-corrected chi connectivity index (χ0v) is 7.69. The molecule has 0 saturated carbocycles. The molecule has 1 aromatic heterocycles. The van der Waals surface area contributed by atoms with Crippen LogP contribution in [0, 0.1) is 5.95 Å². The van der Waals surface area contributed by atoms with Gasteiger partial charge in [-0.2, -0.15) is 4.39 Å². The summed E-state index contributed by atoms with van der Waals surface area (Å²) in [4.78, 5) is 5.76. The second-order valence-electron chi connectivity index (χ2n) is 3.83. The molecule has 2 unspecified atom stereocenters. The Balaban J connectivity index is 1.89. The van der Waals surface area contributed by atoms with Crippen molar-refractivity contribution in [1.82, 2.24) is 4.98 Å². The second-order valence-corrected chi connectivity index (χ2v) is 3.83. The number of aromatic nitrogens is 1. The maximum Gasteiger partial charge on any atom is 0.214 e. The van der Waals surface area contributed by atoms with Gasteiger partial charge >= 0.3 is 0 Å². The van der Waals surface area contributed by atoms with Crippen molar-refractivity contribution in [3.63, 3.8) is 0 Å². The fraction of sp³-hybridized carbons (Fsp3) is 0.500. The molecule has 2 saturated heterocycles. The summed E-state index contributed by atoms with van der Waals surface area (Å²) < 4.78 is 18.4. The van der Waals surface area contributed by atoms with Gasteiger partial charge in [0.05, 0.1) is 18.8 Å². The number of ether oxygens (including phenoxy) is 1. The van der Waals surface area contributed by atoms with Gasteiger partial charge in [0.15, 0.2) is 0 Å². The van der Waals surface area contributed by atoms with Crippen LogP contribution in [0.1, 0.15) is 6.42 Å². The Labute approximate surface area is 81.5 Å². The first-order chi connectivity index (χ1) is 6.83. The Kier molecular flexibility index (Phi) is 1.70. The maximum absolute atomic E-state index is 12.9. The number of hydrogen-bond acceptors (Lipinski definition) is 3. The lowest BCUT2D eigenvalue weighted by atomic mass is 10.2. The molecule has 3 heterocycles. The first-order valence-electron chi connectivity index (χ1n) is 4.83. The minimum atomic E-state index is -0.411. The maximum atomic E-state index is 12.9. The van der Waals surface area contributed by atoms with Crippen molar-refractivity contribution in [2.45, 2.75) is 18.6 Å². The van der Waals surface area contributed by atoms with E-state index in [0.717, 1.165) is 25.3 Å². The van der Waals surface area contributed by atoms with Gasteiger partial charge in [-0.15, -0.1) is 0 Å². The predicted octanol–water partition coefficient (Wildman–Crippen LogP) is 1.20. The number of hydrogen-bond donors (Lipinski definition) is 0. The summed E-state index contributed by atoms with van der Waals surface area (Å²) in [6, 6.07) is 3.77. The van der Waals surface area contributed by atoms with Crippen LogP contribution in [0.5, 0.6) is 0 Å². The van der Waals surface area contributed by atoms with Crippen molar-refractivity contribution >= 4 is 5.69 Å². The molecule has 2 aliphatic heterocycles. The molecule has 1 aromatic rings. The quantitative estimate of drug-likeness (QED) is 0.628. The summed E-state index contributed by atoms with van der Waals surface area (Å²) >= 11 is 0. The van der Waals surface area contributed by atoms with E-state index in [1.54, 1.807) is 0 Å². The SMILES string of the molecule is Fc1cc(N2CC3CC2CO3)ccn1. The Morgan fingerprint density at radius 2 is 2.50 bits per heavy atom. The molecular formula is C10H11FN2O. The topological polar surface area (TPSA) is 25.4 Å². The molecule has 0 spiro atoms. The van der Waals surface area contributed by atoms with Gasteiger partial charge in [-0.05, 0) is 12.5 Å². The van der Waals surface area contributed by atoms with E-state index in [2.05, 4.69) is 9.88 Å². The summed E-state index contributed by atoms with van der Waals surface area (Å²) in [6.07, 6.45) is 2.93. The predicted molar refractivity (Wildman–Crippen MR) is 49.7 cm³/mol. The molecule has 0 amide bonds. The molecule has 0 radical (unpaired) electrons. The molecule has 14 heavy (non-hydrogen) atoms. The molecule has 74 valence electrons. The highest BCUT2D eigenvalue weighted by Gasteiger charge is 2.38. The fourth-order valence-corrected chi connectivity index (χ4v) is 2.29. The Morgan fingerprint density at radius 1 is 1.57 bits per heavy atom. The van der Waals surface area contributed by atoms with Gasteiger partial charge in [-0.25, -0.2) is 4.98 Å². The van der Waals surface area contributed by atoms with Crippen LogP contribution in [0.15, 0.2) is 18.3 Å². The zero-order valence-electron chi connectivity index (χ0n) is 7.69. The number of halogens is 1. The van der Waals surface area contributed by atoms with Gasteiger partial charge in [0.1, 0.15) is 0 Å². The lowest BCUT2D eigenvalue weighted by Crippen LogP contribution is -2.36. The van der Waals surface area contributed by atoms with E-state index < -0.39 is 5.95 Å². The van der Waals surface area contributed by atoms with Crippen LogP contribution >= 0.6 is 0 Å². The molecule has 2 fully saturated rings. The van der Waals surface area contributed by atoms with E-state index in [0.29, 0.717) is 12.1 Å². The van der Waals surface area contributed by atoms with Crippen molar-refractivity contribution in [3.05, 3.63) is 24.3 Å². The van der Waals surface area contributed by atoms with Gasteiger partial charge in [-0.1, -0.05) is 0 Å². The molecule has 2 bridgehead atoms. The second kappa shape index (κ2) is 2.92. The first-order valence-corrected chi connectivity index (χ1v) is 4.83. The van der Waals surface area contributed by atoms with E-state index in [9.17, 15) is 4.39 Å². The van der Waals surface area contributed by atoms with Crippen LogP contribution in [0.3, 0.4) is 0 Å². The molecule has 3 nitrogen and oxygen atoms in total. The van der Waals surface area contributed by atoms with Crippen molar-refractivity contribution in [3.8, 4) is 0 Å². The van der Waals surface area contributed by atoms with Gasteiger partial charge < -0.3 is 9.64 Å². The highest BCUT2D eigenvalue weighted by atomic mass is 19.1. The zero-order chi connectivity index (χ0) is 9.54. The van der Waals surface area contributed by atoms with E-state index in [4.69, 9.17) is 4.74 Å². The van der Waals surface area contributed by atoms with Crippen LogP contribution < -0.4 is 4.90 Å². The van der Waals surface area contributed by atoms with Crippen LogP contribution in [0.2, 0.25) is 0 Å². The molecule has 0 aromatic carbocycles. The van der Waals surface area contributed by atoms with Crippen LogP contribution in [0.4, 0.5) is 10.1 Å². The highest BCUT2D eigenvalue weighted by Crippen LogP contribution is 2.32. The summed E-state index contributed by atoms with van der Waals surface area (Å²) in [5.41, 5.74) is 0.924. The van der Waals surface area contributed by atoms with Crippen molar-refractivity contribution in [2.75, 3.05) is 18.1 Å². The number of fused-ring (bicyclic) bond motifs is 2. The highest BCUT2D eigenvalue weighted by molar-refractivity contribution is 5.48.